The molecule has 1 N–H and O–H groups in total. The maximum atomic E-state index is 15.2. The lowest BCUT2D eigenvalue weighted by Gasteiger charge is -2.50. The largest absolute Gasteiger partial charge is 0.417 e. The van der Waals surface area contributed by atoms with E-state index in [1.54, 1.807) is 35.1 Å². The zero-order valence-electron chi connectivity index (χ0n) is 26.2. The Labute approximate surface area is 283 Å². The Hall–Kier alpha value is -3.83. The first-order chi connectivity index (χ1) is 23.0. The minimum Gasteiger partial charge on any atom is -0.352 e. The zero-order valence-corrected chi connectivity index (χ0v) is 27.9. The molecule has 0 radical (unpaired) electrons. The molecule has 0 saturated carbocycles. The van der Waals surface area contributed by atoms with Crippen LogP contribution in [0, 0.1) is 5.41 Å². The molecule has 6 heterocycles. The van der Waals surface area contributed by atoms with Gasteiger partial charge in [-0.2, -0.15) is 31.3 Å². The number of nitrogens with one attached hydrogen (secondary N) is 1. The van der Waals surface area contributed by atoms with Crippen LogP contribution in [0.25, 0.3) is 32.1 Å². The number of piperazine rings is 1. The van der Waals surface area contributed by atoms with Crippen LogP contribution >= 0.6 is 23.1 Å². The number of hydrogen-bond donors (Lipinski definition) is 1. The van der Waals surface area contributed by atoms with Crippen LogP contribution in [0.3, 0.4) is 0 Å². The summed E-state index contributed by atoms with van der Waals surface area (Å²) in [5.41, 5.74) is -3.25. The van der Waals surface area contributed by atoms with Gasteiger partial charge in [-0.1, -0.05) is 6.58 Å². The highest BCUT2D eigenvalue weighted by molar-refractivity contribution is 7.99. The van der Waals surface area contributed by atoms with Crippen molar-refractivity contribution >= 4 is 56.5 Å². The van der Waals surface area contributed by atoms with Gasteiger partial charge in [-0.25, -0.2) is 4.79 Å². The number of thioether (sulfide) groups is 1. The first-order valence-corrected chi connectivity index (χ1v) is 17.3. The quantitative estimate of drug-likeness (QED) is 0.218. The van der Waals surface area contributed by atoms with Gasteiger partial charge >= 0.3 is 18.0 Å². The van der Waals surface area contributed by atoms with E-state index >= 15 is 13.2 Å². The van der Waals surface area contributed by atoms with Gasteiger partial charge in [-0.3, -0.25) is 19.1 Å². The van der Waals surface area contributed by atoms with E-state index < -0.39 is 53.2 Å². The number of aromatic nitrogens is 3. The number of amides is 1. The Balaban J connectivity index is 1.48. The Bertz CT molecular complexity index is 2120. The summed E-state index contributed by atoms with van der Waals surface area (Å²) in [5.74, 6) is -0.140. The molecule has 1 amide bonds. The fraction of sp³-hybridized carbons (Fsp3) is 0.438. The third-order valence-electron chi connectivity index (χ3n) is 9.44. The van der Waals surface area contributed by atoms with Gasteiger partial charge in [0.1, 0.15) is 5.82 Å². The number of nitrogens with zero attached hydrogens (tertiary/aromatic N) is 5. The van der Waals surface area contributed by atoms with E-state index in [4.69, 9.17) is 0 Å². The minimum atomic E-state index is -4.91. The standard InChI is InChI=1S/C32H30F6N6O3S2/c1-4-21(45)44-16(2)8-42(9-17(44)3)27-19-7-20(32(36,37)38)23(25-22-18(10-48-25)5-6-39-28(22)46)26-24(19)43(29(47)40-27)13-30(15-49-26)11-41(12-30)14-31(33,34)35/h4-7,10,16-17H,1,8-9,11-15H2,2-3H3,(H,39,46)/t16-,17+. The molecule has 0 unspecified atom stereocenters. The molecule has 7 rings (SSSR count). The summed E-state index contributed by atoms with van der Waals surface area (Å²) >= 11 is 2.04. The summed E-state index contributed by atoms with van der Waals surface area (Å²) in [6.07, 6.45) is -6.75. The second kappa shape index (κ2) is 11.6. The van der Waals surface area contributed by atoms with Crippen molar-refractivity contribution in [1.82, 2.24) is 24.3 Å². The normalized spacial score (nSPS) is 21.3. The van der Waals surface area contributed by atoms with Crippen LogP contribution in [0.15, 0.2) is 50.8 Å². The molecular formula is C32H30F6N6O3S2. The summed E-state index contributed by atoms with van der Waals surface area (Å²) < 4.78 is 86.7. The topological polar surface area (TPSA) is 94.5 Å². The molecule has 4 aromatic rings. The smallest absolute Gasteiger partial charge is 0.352 e. The lowest BCUT2D eigenvalue weighted by atomic mass is 9.81. The number of hydrogen-bond acceptors (Lipinski definition) is 8. The first-order valence-electron chi connectivity index (χ1n) is 15.4. The Morgan fingerprint density at radius 3 is 2.45 bits per heavy atom. The van der Waals surface area contributed by atoms with Gasteiger partial charge < -0.3 is 14.8 Å². The van der Waals surface area contributed by atoms with Crippen molar-refractivity contribution in [2.24, 2.45) is 5.41 Å². The van der Waals surface area contributed by atoms with E-state index in [9.17, 15) is 27.6 Å². The van der Waals surface area contributed by atoms with E-state index in [1.165, 1.54) is 21.7 Å². The molecule has 0 aliphatic carbocycles. The molecule has 2 fully saturated rings. The molecule has 260 valence electrons. The van der Waals surface area contributed by atoms with E-state index in [1.807, 2.05) is 0 Å². The fourth-order valence-corrected chi connectivity index (χ4v) is 10.3. The van der Waals surface area contributed by atoms with Gasteiger partial charge in [-0.15, -0.1) is 23.1 Å². The van der Waals surface area contributed by atoms with E-state index in [-0.39, 0.29) is 81.8 Å². The van der Waals surface area contributed by atoms with Crippen molar-refractivity contribution in [1.29, 1.82) is 0 Å². The predicted molar refractivity (Wildman–Crippen MR) is 176 cm³/mol. The van der Waals surface area contributed by atoms with E-state index in [0.29, 0.717) is 5.39 Å². The molecule has 3 aromatic heterocycles. The molecule has 17 heteroatoms. The number of thiophene rings is 1. The Kier molecular flexibility index (Phi) is 7.98. The lowest BCUT2D eigenvalue weighted by molar-refractivity contribution is -0.168. The molecule has 0 bridgehead atoms. The van der Waals surface area contributed by atoms with Crippen LogP contribution in [-0.2, 0) is 17.5 Å². The Morgan fingerprint density at radius 1 is 1.12 bits per heavy atom. The van der Waals surface area contributed by atoms with Crippen molar-refractivity contribution in [3.8, 4) is 10.4 Å². The summed E-state index contributed by atoms with van der Waals surface area (Å²) in [4.78, 5) is 51.3. The van der Waals surface area contributed by atoms with Gasteiger partial charge in [0.25, 0.3) is 5.56 Å². The van der Waals surface area contributed by atoms with Crippen LogP contribution in [0.4, 0.5) is 32.2 Å². The summed E-state index contributed by atoms with van der Waals surface area (Å²) in [6, 6.07) is 1.76. The molecule has 2 saturated heterocycles. The van der Waals surface area contributed by atoms with Crippen molar-refractivity contribution in [2.45, 2.75) is 49.7 Å². The van der Waals surface area contributed by atoms with Gasteiger partial charge in [0.05, 0.1) is 23.0 Å². The number of H-pyrrole nitrogens is 1. The highest BCUT2D eigenvalue weighted by Gasteiger charge is 2.49. The average Bonchev–Trinajstić information content (AvgIpc) is 3.34. The van der Waals surface area contributed by atoms with Crippen molar-refractivity contribution in [3.63, 3.8) is 0 Å². The second-order valence-electron chi connectivity index (χ2n) is 13.1. The molecule has 3 aliphatic rings. The van der Waals surface area contributed by atoms with Crippen molar-refractivity contribution in [2.75, 3.05) is 43.4 Å². The number of rotatable bonds is 4. The summed E-state index contributed by atoms with van der Waals surface area (Å²) in [7, 11) is 0. The lowest BCUT2D eigenvalue weighted by Crippen LogP contribution is -2.61. The Morgan fingerprint density at radius 2 is 1.82 bits per heavy atom. The van der Waals surface area contributed by atoms with Crippen LogP contribution in [0.1, 0.15) is 19.4 Å². The number of fused-ring (bicyclic) bond motifs is 1. The fourth-order valence-electron chi connectivity index (χ4n) is 7.66. The van der Waals surface area contributed by atoms with Gasteiger partial charge in [0, 0.05) is 82.9 Å². The van der Waals surface area contributed by atoms with Crippen LogP contribution in [0.5, 0.6) is 0 Å². The maximum Gasteiger partial charge on any atom is 0.417 e. The number of halogens is 6. The van der Waals surface area contributed by atoms with Gasteiger partial charge in [0.2, 0.25) is 5.91 Å². The SMILES string of the molecule is C=CC(=O)N1[C@H](C)CN(c2nc(=O)n3c4c(c(-c5scc6cc[nH]c(=O)c56)c(C(F)(F)F)cc24)SCC2(CN(CC(F)(F)F)C2)C3)C[C@@H]1C. The van der Waals surface area contributed by atoms with E-state index in [2.05, 4.69) is 16.5 Å². The highest BCUT2D eigenvalue weighted by Crippen LogP contribution is 2.53. The maximum absolute atomic E-state index is 15.2. The number of aromatic amines is 1. The number of anilines is 1. The number of carbonyl (C=O) groups is 1. The summed E-state index contributed by atoms with van der Waals surface area (Å²) in [6.45, 7) is 6.26. The first kappa shape index (κ1) is 33.7. The molecular weight excluding hydrogens is 695 g/mol. The number of likely N-dealkylation sites (tertiary alicyclic amines) is 1. The molecule has 2 atom stereocenters. The monoisotopic (exact) mass is 724 g/mol. The third-order valence-corrected chi connectivity index (χ3v) is 11.9. The minimum absolute atomic E-state index is 0.0133. The molecule has 1 aromatic carbocycles. The van der Waals surface area contributed by atoms with Gasteiger partial charge in [-0.05, 0) is 42.8 Å². The van der Waals surface area contributed by atoms with Crippen LogP contribution in [0.2, 0.25) is 0 Å². The zero-order chi connectivity index (χ0) is 35.2. The van der Waals surface area contributed by atoms with Crippen LogP contribution < -0.4 is 16.1 Å². The predicted octanol–water partition coefficient (Wildman–Crippen LogP) is 5.57. The third kappa shape index (κ3) is 5.72. The van der Waals surface area contributed by atoms with Crippen LogP contribution in [-0.4, -0.2) is 87.0 Å². The summed E-state index contributed by atoms with van der Waals surface area (Å²) in [5, 5.41) is 2.17. The highest BCUT2D eigenvalue weighted by atomic mass is 32.2. The van der Waals surface area contributed by atoms with E-state index in [0.717, 1.165) is 29.2 Å². The molecule has 49 heavy (non-hydrogen) atoms. The number of benzene rings is 1. The average molecular weight is 725 g/mol. The number of alkyl halides is 6. The molecule has 1 spiro atoms. The molecule has 3 aliphatic heterocycles. The van der Waals surface area contributed by atoms with Crippen molar-refractivity contribution in [3.05, 3.63) is 62.8 Å². The second-order valence-corrected chi connectivity index (χ2v) is 15.0. The number of carbonyl (C=O) groups excluding carboxylic acids is 1. The van der Waals surface area contributed by atoms with Gasteiger partial charge in [0.15, 0.2) is 0 Å². The molecule has 9 nitrogen and oxygen atoms in total. The van der Waals surface area contributed by atoms with Crippen molar-refractivity contribution < 1.29 is 31.1 Å². The number of pyridine rings is 1.